The van der Waals surface area contributed by atoms with Crippen molar-refractivity contribution in [1.29, 1.82) is 0 Å². The Kier molecular flexibility index (Phi) is 4.30. The van der Waals surface area contributed by atoms with Crippen molar-refractivity contribution in [2.45, 2.75) is 6.92 Å². The minimum atomic E-state index is -0.394. The molecule has 0 aromatic rings. The highest BCUT2D eigenvalue weighted by molar-refractivity contribution is 5.86. The Morgan fingerprint density at radius 2 is 2.40 bits per heavy atom. The van der Waals surface area contributed by atoms with Gasteiger partial charge in [-0.25, -0.2) is 4.79 Å². The summed E-state index contributed by atoms with van der Waals surface area (Å²) in [7, 11) is 0. The van der Waals surface area contributed by atoms with Crippen LogP contribution in [0.5, 0.6) is 0 Å². The third-order valence-electron chi connectivity index (χ3n) is 2.01. The van der Waals surface area contributed by atoms with E-state index in [1.807, 2.05) is 4.90 Å². The fraction of sp³-hybridized carbons (Fsp3) is 0.600. The van der Waals surface area contributed by atoms with Gasteiger partial charge in [-0.15, -0.1) is 0 Å². The molecule has 1 rings (SSSR count). The van der Waals surface area contributed by atoms with Crippen LogP contribution in [0.25, 0.3) is 0 Å². The van der Waals surface area contributed by atoms with E-state index in [1.165, 1.54) is 0 Å². The summed E-state index contributed by atoms with van der Waals surface area (Å²) in [4.78, 5) is 23.8. The number of morpholine rings is 1. The van der Waals surface area contributed by atoms with E-state index in [4.69, 9.17) is 9.47 Å². The first-order valence-corrected chi connectivity index (χ1v) is 4.80. The van der Waals surface area contributed by atoms with Crippen LogP contribution in [0.4, 0.5) is 0 Å². The summed E-state index contributed by atoms with van der Waals surface area (Å²) in [6, 6.07) is 0. The van der Waals surface area contributed by atoms with E-state index >= 15 is 0 Å². The Hall–Kier alpha value is -1.36. The van der Waals surface area contributed by atoms with E-state index in [0.29, 0.717) is 25.3 Å². The molecule has 15 heavy (non-hydrogen) atoms. The second-order valence-corrected chi connectivity index (χ2v) is 3.41. The molecule has 0 bridgehead atoms. The van der Waals surface area contributed by atoms with Crippen LogP contribution in [0.1, 0.15) is 6.92 Å². The number of carbonyl (C=O) groups is 2. The van der Waals surface area contributed by atoms with Gasteiger partial charge in [0.2, 0.25) is 0 Å². The van der Waals surface area contributed by atoms with Crippen molar-refractivity contribution in [2.24, 2.45) is 0 Å². The van der Waals surface area contributed by atoms with Gasteiger partial charge in [-0.3, -0.25) is 9.69 Å². The van der Waals surface area contributed by atoms with Gasteiger partial charge in [-0.1, -0.05) is 6.58 Å². The van der Waals surface area contributed by atoms with Gasteiger partial charge in [0.05, 0.1) is 6.54 Å². The van der Waals surface area contributed by atoms with Crippen LogP contribution in [-0.4, -0.2) is 49.7 Å². The molecular formula is C10H15NO4. The maximum absolute atomic E-state index is 11.0. The molecule has 0 atom stereocenters. The van der Waals surface area contributed by atoms with Gasteiger partial charge in [0, 0.05) is 18.7 Å². The van der Waals surface area contributed by atoms with Crippen LogP contribution in [0, 0.1) is 0 Å². The summed E-state index contributed by atoms with van der Waals surface area (Å²) < 4.78 is 9.68. The SMILES string of the molecule is C=C(C)C(=O)OCCN1CCOC(=O)C1. The van der Waals surface area contributed by atoms with Crippen LogP contribution < -0.4 is 0 Å². The molecule has 1 saturated heterocycles. The Bertz CT molecular complexity index is 275. The number of rotatable bonds is 4. The van der Waals surface area contributed by atoms with Crippen molar-refractivity contribution < 1.29 is 19.1 Å². The third-order valence-corrected chi connectivity index (χ3v) is 2.01. The molecule has 84 valence electrons. The van der Waals surface area contributed by atoms with E-state index < -0.39 is 5.97 Å². The number of carbonyl (C=O) groups excluding carboxylic acids is 2. The van der Waals surface area contributed by atoms with Crippen LogP contribution in [-0.2, 0) is 19.1 Å². The highest BCUT2D eigenvalue weighted by atomic mass is 16.5. The minimum absolute atomic E-state index is 0.229. The molecule has 1 aliphatic heterocycles. The lowest BCUT2D eigenvalue weighted by atomic mass is 10.4. The largest absolute Gasteiger partial charge is 0.463 e. The number of ether oxygens (including phenoxy) is 2. The van der Waals surface area contributed by atoms with Crippen molar-refractivity contribution >= 4 is 11.9 Å². The smallest absolute Gasteiger partial charge is 0.333 e. The van der Waals surface area contributed by atoms with E-state index in [2.05, 4.69) is 6.58 Å². The van der Waals surface area contributed by atoms with E-state index in [1.54, 1.807) is 6.92 Å². The number of nitrogens with zero attached hydrogens (tertiary/aromatic N) is 1. The average Bonchev–Trinajstić information content (AvgIpc) is 2.17. The zero-order chi connectivity index (χ0) is 11.3. The first-order valence-electron chi connectivity index (χ1n) is 4.80. The van der Waals surface area contributed by atoms with Gasteiger partial charge in [0.25, 0.3) is 0 Å². The molecule has 0 spiro atoms. The lowest BCUT2D eigenvalue weighted by Gasteiger charge is -2.25. The molecule has 5 heteroatoms. The topological polar surface area (TPSA) is 55.8 Å². The Labute approximate surface area is 88.6 Å². The van der Waals surface area contributed by atoms with Crippen LogP contribution in [0.3, 0.4) is 0 Å². The predicted octanol–water partition coefficient (Wildman–Crippen LogP) is -0.0355. The van der Waals surface area contributed by atoms with E-state index in [-0.39, 0.29) is 19.1 Å². The standard InChI is InChI=1S/C10H15NO4/c1-8(2)10(13)15-6-4-11-3-5-14-9(12)7-11/h1,3-7H2,2H3. The van der Waals surface area contributed by atoms with Crippen LogP contribution >= 0.6 is 0 Å². The number of cyclic esters (lactones) is 1. The molecule has 0 aromatic heterocycles. The molecule has 0 aliphatic carbocycles. The first-order chi connectivity index (χ1) is 7.09. The van der Waals surface area contributed by atoms with Gasteiger partial charge in [0.1, 0.15) is 13.2 Å². The summed E-state index contributed by atoms with van der Waals surface area (Å²) >= 11 is 0. The van der Waals surface area contributed by atoms with Crippen molar-refractivity contribution in [1.82, 2.24) is 4.90 Å². The predicted molar refractivity (Wildman–Crippen MR) is 53.2 cm³/mol. The second-order valence-electron chi connectivity index (χ2n) is 3.41. The molecule has 0 saturated carbocycles. The van der Waals surface area contributed by atoms with Gasteiger partial charge in [0.15, 0.2) is 0 Å². The zero-order valence-corrected chi connectivity index (χ0v) is 8.82. The van der Waals surface area contributed by atoms with Gasteiger partial charge in [-0.05, 0) is 6.92 Å². The average molecular weight is 213 g/mol. The molecule has 0 radical (unpaired) electrons. The Balaban J connectivity index is 2.17. The molecule has 0 unspecified atom stereocenters. The molecule has 1 aliphatic rings. The Morgan fingerprint density at radius 1 is 1.67 bits per heavy atom. The van der Waals surface area contributed by atoms with Crippen LogP contribution in [0.2, 0.25) is 0 Å². The van der Waals surface area contributed by atoms with Gasteiger partial charge < -0.3 is 9.47 Å². The molecule has 1 heterocycles. The Morgan fingerprint density at radius 3 is 3.00 bits per heavy atom. The fourth-order valence-corrected chi connectivity index (χ4v) is 1.18. The zero-order valence-electron chi connectivity index (χ0n) is 8.82. The fourth-order valence-electron chi connectivity index (χ4n) is 1.18. The molecule has 1 fully saturated rings. The summed E-state index contributed by atoms with van der Waals surface area (Å²) in [5.74, 6) is -0.623. The summed E-state index contributed by atoms with van der Waals surface area (Å²) in [5.41, 5.74) is 0.382. The normalized spacial score (nSPS) is 17.0. The number of esters is 2. The molecule has 0 N–H and O–H groups in total. The number of hydrogen-bond donors (Lipinski definition) is 0. The van der Waals surface area contributed by atoms with Gasteiger partial charge in [-0.2, -0.15) is 0 Å². The monoisotopic (exact) mass is 213 g/mol. The van der Waals surface area contributed by atoms with Crippen molar-refractivity contribution in [2.75, 3.05) is 32.8 Å². The molecule has 5 nitrogen and oxygen atoms in total. The van der Waals surface area contributed by atoms with Crippen molar-refractivity contribution in [3.05, 3.63) is 12.2 Å². The van der Waals surface area contributed by atoms with Crippen molar-refractivity contribution in [3.63, 3.8) is 0 Å². The summed E-state index contributed by atoms with van der Waals surface area (Å²) in [5, 5.41) is 0. The second kappa shape index (κ2) is 5.50. The van der Waals surface area contributed by atoms with Crippen molar-refractivity contribution in [3.8, 4) is 0 Å². The first kappa shape index (κ1) is 11.7. The summed E-state index contributed by atoms with van der Waals surface area (Å²) in [6.07, 6.45) is 0. The van der Waals surface area contributed by atoms with Crippen LogP contribution in [0.15, 0.2) is 12.2 Å². The maximum Gasteiger partial charge on any atom is 0.333 e. The maximum atomic E-state index is 11.0. The van der Waals surface area contributed by atoms with Gasteiger partial charge >= 0.3 is 11.9 Å². The lowest BCUT2D eigenvalue weighted by Crippen LogP contribution is -2.41. The molecule has 0 amide bonds. The molecule has 0 aromatic carbocycles. The van der Waals surface area contributed by atoms with E-state index in [0.717, 1.165) is 0 Å². The quantitative estimate of drug-likeness (QED) is 0.484. The third kappa shape index (κ3) is 4.12. The van der Waals surface area contributed by atoms with E-state index in [9.17, 15) is 9.59 Å². The summed E-state index contributed by atoms with van der Waals surface area (Å²) in [6.45, 7) is 7.26. The minimum Gasteiger partial charge on any atom is -0.463 e. The lowest BCUT2D eigenvalue weighted by molar-refractivity contribution is -0.151. The highest BCUT2D eigenvalue weighted by Gasteiger charge is 2.17. The molecular weight excluding hydrogens is 198 g/mol. The highest BCUT2D eigenvalue weighted by Crippen LogP contribution is 1.98. The number of hydrogen-bond acceptors (Lipinski definition) is 5.